The molecule has 0 spiro atoms. The molecule has 12 nitrogen and oxygen atoms in total. The molecular formula is C29H34N6O6. The smallest absolute Gasteiger partial charge is 0.270 e. The van der Waals surface area contributed by atoms with E-state index in [1.807, 2.05) is 13.8 Å². The van der Waals surface area contributed by atoms with Crippen LogP contribution in [0.15, 0.2) is 28.8 Å². The molecule has 12 heteroatoms. The molecular weight excluding hydrogens is 528 g/mol. The number of benzene rings is 1. The Morgan fingerprint density at radius 2 is 1.90 bits per heavy atom. The minimum atomic E-state index is -1.54. The number of amides is 2. The maximum atomic E-state index is 13.7. The lowest BCUT2D eigenvalue weighted by Gasteiger charge is -2.35. The number of rotatable bonds is 6. The standard InChI is InChI=1S/C29H34N6O6/c1-18-15-22(33-41-18)29(4,38)8-7-19-5-6-21-20(16-19)26-31-23(25(30)36)24(35(26)11-14-40-21)27(37)32-28(2,3)17-34-9-12-39-13-10-34/h5-6,15-16,38H,9-14,17H2,1-4H3,(H2,30,36)(H,32,37)/t29-/m1/s1. The van der Waals surface area contributed by atoms with Crippen molar-refractivity contribution in [3.63, 3.8) is 0 Å². The Kier molecular flexibility index (Phi) is 7.61. The molecule has 0 saturated carbocycles. The molecule has 4 N–H and O–H groups in total. The molecule has 0 unspecified atom stereocenters. The van der Waals surface area contributed by atoms with Gasteiger partial charge in [0.25, 0.3) is 11.8 Å². The number of morpholine rings is 1. The third-order valence-electron chi connectivity index (χ3n) is 6.96. The van der Waals surface area contributed by atoms with Crippen LogP contribution in [0.5, 0.6) is 5.75 Å². The largest absolute Gasteiger partial charge is 0.491 e. The molecule has 216 valence electrons. The van der Waals surface area contributed by atoms with Crippen molar-refractivity contribution in [1.82, 2.24) is 24.9 Å². The van der Waals surface area contributed by atoms with Gasteiger partial charge in [-0.05, 0) is 45.9 Å². The number of aliphatic hydroxyl groups is 1. The second-order valence-corrected chi connectivity index (χ2v) is 11.1. The number of carbonyl (C=O) groups excluding carboxylic acids is 2. The molecule has 2 aliphatic rings. The summed E-state index contributed by atoms with van der Waals surface area (Å²) >= 11 is 0. The lowest BCUT2D eigenvalue weighted by Crippen LogP contribution is -2.54. The molecule has 41 heavy (non-hydrogen) atoms. The van der Waals surface area contributed by atoms with Crippen molar-refractivity contribution >= 4 is 11.8 Å². The number of fused-ring (bicyclic) bond motifs is 3. The number of nitrogens with one attached hydrogen (secondary N) is 1. The maximum absolute atomic E-state index is 13.7. The Labute approximate surface area is 237 Å². The molecule has 0 bridgehead atoms. The van der Waals surface area contributed by atoms with Crippen LogP contribution in [0.25, 0.3) is 11.4 Å². The number of nitrogens with zero attached hydrogens (tertiary/aromatic N) is 4. The Morgan fingerprint density at radius 1 is 1.15 bits per heavy atom. The minimum absolute atomic E-state index is 0.0832. The van der Waals surface area contributed by atoms with Crippen molar-refractivity contribution in [2.75, 3.05) is 39.5 Å². The number of hydrogen-bond donors (Lipinski definition) is 3. The van der Waals surface area contributed by atoms with Crippen LogP contribution in [0.3, 0.4) is 0 Å². The minimum Gasteiger partial charge on any atom is -0.491 e. The van der Waals surface area contributed by atoms with Crippen LogP contribution in [-0.2, 0) is 16.9 Å². The summed E-state index contributed by atoms with van der Waals surface area (Å²) in [6.07, 6.45) is 0. The first-order chi connectivity index (χ1) is 19.4. The zero-order chi connectivity index (χ0) is 29.4. The van der Waals surface area contributed by atoms with E-state index in [1.165, 1.54) is 6.92 Å². The van der Waals surface area contributed by atoms with E-state index in [0.717, 1.165) is 13.1 Å². The molecule has 2 aromatic heterocycles. The van der Waals surface area contributed by atoms with Gasteiger partial charge in [0.1, 0.15) is 35.3 Å². The Bertz CT molecular complexity index is 1540. The maximum Gasteiger partial charge on any atom is 0.270 e. The molecule has 1 atom stereocenters. The highest BCUT2D eigenvalue weighted by atomic mass is 16.5. The normalized spacial score (nSPS) is 16.7. The van der Waals surface area contributed by atoms with Crippen molar-refractivity contribution < 1.29 is 28.7 Å². The van der Waals surface area contributed by atoms with E-state index in [4.69, 9.17) is 19.7 Å². The predicted octanol–water partition coefficient (Wildman–Crippen LogP) is 1.44. The highest BCUT2D eigenvalue weighted by Gasteiger charge is 2.33. The number of nitrogens with two attached hydrogens (primary N) is 1. The first kappa shape index (κ1) is 28.4. The SMILES string of the molecule is Cc1cc([C@](C)(O)C#Cc2ccc3c(c2)-c2nc(C(N)=O)c(C(=O)NC(C)(C)CN4CCOCC4)n2CCO3)no1. The molecule has 3 aromatic rings. The Morgan fingerprint density at radius 3 is 2.59 bits per heavy atom. The highest BCUT2D eigenvalue weighted by Crippen LogP contribution is 2.34. The van der Waals surface area contributed by atoms with Crippen LogP contribution in [0, 0.1) is 18.8 Å². The summed E-state index contributed by atoms with van der Waals surface area (Å²) in [6, 6.07) is 6.86. The summed E-state index contributed by atoms with van der Waals surface area (Å²) in [5, 5.41) is 17.7. The molecule has 5 rings (SSSR count). The number of aryl methyl sites for hydroxylation is 1. The first-order valence-electron chi connectivity index (χ1n) is 13.4. The lowest BCUT2D eigenvalue weighted by atomic mass is 10.0. The predicted molar refractivity (Wildman–Crippen MR) is 148 cm³/mol. The van der Waals surface area contributed by atoms with E-state index in [9.17, 15) is 14.7 Å². The molecule has 0 aliphatic carbocycles. The van der Waals surface area contributed by atoms with E-state index in [2.05, 4.69) is 32.2 Å². The third-order valence-corrected chi connectivity index (χ3v) is 6.96. The van der Waals surface area contributed by atoms with Crippen molar-refractivity contribution in [2.45, 2.75) is 45.4 Å². The summed E-state index contributed by atoms with van der Waals surface area (Å²) in [5.74, 6) is 5.99. The number of carbonyl (C=O) groups is 2. The Balaban J connectivity index is 1.48. The van der Waals surface area contributed by atoms with Crippen molar-refractivity contribution in [1.29, 1.82) is 0 Å². The first-order valence-corrected chi connectivity index (χ1v) is 13.4. The number of imidazole rings is 1. The van der Waals surface area contributed by atoms with Crippen LogP contribution in [0.1, 0.15) is 58.8 Å². The van der Waals surface area contributed by atoms with Gasteiger partial charge in [0.05, 0.1) is 25.3 Å². The number of aromatic nitrogens is 3. The summed E-state index contributed by atoms with van der Waals surface area (Å²) in [6.45, 7) is 11.1. The fourth-order valence-corrected chi connectivity index (χ4v) is 5.01. The molecule has 1 saturated heterocycles. The van der Waals surface area contributed by atoms with Crippen LogP contribution < -0.4 is 15.8 Å². The van der Waals surface area contributed by atoms with Crippen LogP contribution in [0.2, 0.25) is 0 Å². The zero-order valence-corrected chi connectivity index (χ0v) is 23.6. The summed E-state index contributed by atoms with van der Waals surface area (Å²) in [5.41, 5.74) is 4.93. The number of primary amides is 1. The summed E-state index contributed by atoms with van der Waals surface area (Å²) < 4.78 is 18.1. The monoisotopic (exact) mass is 562 g/mol. The molecule has 4 heterocycles. The summed E-state index contributed by atoms with van der Waals surface area (Å²) in [7, 11) is 0. The summed E-state index contributed by atoms with van der Waals surface area (Å²) in [4.78, 5) is 32.9. The van der Waals surface area contributed by atoms with E-state index in [0.29, 0.717) is 53.9 Å². The molecule has 1 aromatic carbocycles. The third kappa shape index (κ3) is 6.12. The van der Waals surface area contributed by atoms with Gasteiger partial charge < -0.3 is 34.7 Å². The fourth-order valence-electron chi connectivity index (χ4n) is 5.01. The average Bonchev–Trinajstić information content (AvgIpc) is 3.48. The van der Waals surface area contributed by atoms with Gasteiger partial charge in [0.15, 0.2) is 11.3 Å². The van der Waals surface area contributed by atoms with Gasteiger partial charge in [-0.15, -0.1) is 0 Å². The van der Waals surface area contributed by atoms with Crippen LogP contribution >= 0.6 is 0 Å². The van der Waals surface area contributed by atoms with Gasteiger partial charge >= 0.3 is 0 Å². The van der Waals surface area contributed by atoms with Crippen molar-refractivity contribution in [3.8, 4) is 29.0 Å². The van der Waals surface area contributed by atoms with Gasteiger partial charge in [-0.1, -0.05) is 17.0 Å². The van der Waals surface area contributed by atoms with E-state index in [1.54, 1.807) is 35.8 Å². The average molecular weight is 563 g/mol. The zero-order valence-electron chi connectivity index (χ0n) is 23.6. The topological polar surface area (TPSA) is 158 Å². The van der Waals surface area contributed by atoms with Gasteiger partial charge in [-0.25, -0.2) is 4.98 Å². The second-order valence-electron chi connectivity index (χ2n) is 11.1. The van der Waals surface area contributed by atoms with E-state index < -0.39 is 23.0 Å². The number of hydrogen-bond acceptors (Lipinski definition) is 9. The van der Waals surface area contributed by atoms with E-state index >= 15 is 0 Å². The quantitative estimate of drug-likeness (QED) is 0.378. The lowest BCUT2D eigenvalue weighted by molar-refractivity contribution is 0.0268. The molecule has 1 fully saturated rings. The second kappa shape index (κ2) is 11.0. The van der Waals surface area contributed by atoms with Gasteiger partial charge in [-0.2, -0.15) is 0 Å². The van der Waals surface area contributed by atoms with E-state index in [-0.39, 0.29) is 24.5 Å². The fraction of sp³-hybridized carbons (Fsp3) is 0.448. The van der Waals surface area contributed by atoms with Crippen LogP contribution in [-0.4, -0.2) is 81.5 Å². The highest BCUT2D eigenvalue weighted by molar-refractivity contribution is 6.05. The molecule has 2 aliphatic heterocycles. The molecule has 2 amide bonds. The molecule has 0 radical (unpaired) electrons. The van der Waals surface area contributed by atoms with Gasteiger partial charge in [-0.3, -0.25) is 14.5 Å². The number of ether oxygens (including phenoxy) is 2. The van der Waals surface area contributed by atoms with Gasteiger partial charge in [0, 0.05) is 36.8 Å². The van der Waals surface area contributed by atoms with Crippen LogP contribution in [0.4, 0.5) is 0 Å². The van der Waals surface area contributed by atoms with Gasteiger partial charge in [0.2, 0.25) is 0 Å². The van der Waals surface area contributed by atoms with Crippen molar-refractivity contribution in [2.24, 2.45) is 5.73 Å². The van der Waals surface area contributed by atoms with Crippen molar-refractivity contribution in [3.05, 3.63) is 52.7 Å². The Hall–Kier alpha value is -4.18.